The normalized spacial score (nSPS) is 13.1. The van der Waals surface area contributed by atoms with Crippen molar-refractivity contribution in [3.8, 4) is 0 Å². The van der Waals surface area contributed by atoms with E-state index in [-0.39, 0.29) is 0 Å². The molecule has 0 saturated carbocycles. The van der Waals surface area contributed by atoms with Crippen LogP contribution in [0.2, 0.25) is 0 Å². The zero-order valence-electron chi connectivity index (χ0n) is 5.83. The van der Waals surface area contributed by atoms with Gasteiger partial charge in [-0.3, -0.25) is 0 Å². The Bertz CT molecular complexity index is 146. The topological polar surface area (TPSA) is 35.5 Å². The second kappa shape index (κ2) is 5.66. The van der Waals surface area contributed by atoms with Crippen LogP contribution in [0.25, 0.3) is 0 Å². The van der Waals surface area contributed by atoms with Crippen LogP contribution in [0.5, 0.6) is 0 Å². The van der Waals surface area contributed by atoms with Crippen LogP contribution in [0.1, 0.15) is 13.8 Å². The Morgan fingerprint density at radius 1 is 1.80 bits per heavy atom. The monoisotopic (exact) mass is 183 g/mol. The second-order valence-corrected chi connectivity index (χ2v) is 2.56. The highest BCUT2D eigenvalue weighted by atomic mass is 35.5. The van der Waals surface area contributed by atoms with E-state index in [1.807, 2.05) is 0 Å². The Balaban J connectivity index is 3.58. The summed E-state index contributed by atoms with van der Waals surface area (Å²) in [6.07, 6.45) is 0. The molecule has 0 spiro atoms. The van der Waals surface area contributed by atoms with Gasteiger partial charge in [0.25, 0.3) is 0 Å². The summed E-state index contributed by atoms with van der Waals surface area (Å²) in [6, 6.07) is 0. The summed E-state index contributed by atoms with van der Waals surface area (Å²) in [5.74, 6) is 0.385. The van der Waals surface area contributed by atoms with E-state index in [1.165, 1.54) is 5.54 Å². The van der Waals surface area contributed by atoms with Gasteiger partial charge in [-0.25, -0.2) is 4.52 Å². The van der Waals surface area contributed by atoms with E-state index >= 15 is 0 Å². The van der Waals surface area contributed by atoms with Gasteiger partial charge < -0.3 is 0 Å². The first-order valence-corrected chi connectivity index (χ1v) is 4.29. The Labute approximate surface area is 65.9 Å². The van der Waals surface area contributed by atoms with Crippen molar-refractivity contribution in [2.75, 3.05) is 6.61 Å². The number of rotatable bonds is 4. The van der Waals surface area contributed by atoms with Gasteiger partial charge in [0.2, 0.25) is 0 Å². The molecule has 0 heterocycles. The fourth-order valence-corrected chi connectivity index (χ4v) is 0.927. The van der Waals surface area contributed by atoms with E-state index in [0.29, 0.717) is 12.4 Å². The summed E-state index contributed by atoms with van der Waals surface area (Å²) in [6.45, 7) is 3.69. The lowest BCUT2D eigenvalue weighted by Crippen LogP contribution is -1.81. The predicted molar refractivity (Wildman–Crippen MR) is 39.9 cm³/mol. The molecule has 0 saturated heterocycles. The van der Waals surface area contributed by atoms with E-state index in [0.717, 1.165) is 0 Å². The van der Waals surface area contributed by atoms with Gasteiger partial charge in [-0.05, 0) is 6.92 Å². The molecule has 3 nitrogen and oxygen atoms in total. The molecule has 0 radical (unpaired) electrons. The highest BCUT2D eigenvalue weighted by molar-refractivity contribution is 7.33. The third-order valence-corrected chi connectivity index (χ3v) is 1.82. The summed E-state index contributed by atoms with van der Waals surface area (Å²) in [5.41, 5.74) is 1.20. The summed E-state index contributed by atoms with van der Waals surface area (Å²) in [5, 5.41) is 0. The average Bonchev–Trinajstić information content (AvgIpc) is 1.88. The first kappa shape index (κ1) is 9.89. The molecule has 0 aliphatic rings. The molecule has 0 rings (SSSR count). The van der Waals surface area contributed by atoms with Crippen molar-refractivity contribution in [1.82, 2.24) is 0 Å². The molecular weight excluding hydrogens is 174 g/mol. The quantitative estimate of drug-likeness (QED) is 0.497. The van der Waals surface area contributed by atoms with Gasteiger partial charge in [0.05, 0.1) is 0 Å². The molecule has 0 fully saturated rings. The maximum Gasteiger partial charge on any atom is 0.749 e. The van der Waals surface area contributed by atoms with Gasteiger partial charge in [0.1, 0.15) is 6.61 Å². The minimum atomic E-state index is -2.03. The van der Waals surface area contributed by atoms with Crippen molar-refractivity contribution in [2.45, 2.75) is 13.8 Å². The molecule has 0 aromatic carbocycles. The van der Waals surface area contributed by atoms with Crippen LogP contribution >= 0.6 is 19.9 Å². The molecule has 58 valence electrons. The molecule has 1 unspecified atom stereocenters. The zero-order chi connectivity index (χ0) is 7.98. The van der Waals surface area contributed by atoms with Crippen LogP contribution in [-0.2, 0) is 13.6 Å². The van der Waals surface area contributed by atoms with E-state index in [2.05, 4.69) is 9.05 Å². The minimum absolute atomic E-state index is 0.366. The molecule has 10 heavy (non-hydrogen) atoms. The third kappa shape index (κ3) is 4.74. The molecule has 0 aliphatic heterocycles. The van der Waals surface area contributed by atoms with E-state index in [9.17, 15) is 4.57 Å². The summed E-state index contributed by atoms with van der Waals surface area (Å²) in [4.78, 5) is 0. The Morgan fingerprint density at radius 2 is 2.40 bits per heavy atom. The van der Waals surface area contributed by atoms with Gasteiger partial charge in [-0.2, -0.15) is 0 Å². The number of allylic oxidation sites excluding steroid dienone is 1. The van der Waals surface area contributed by atoms with Crippen LogP contribution in [0, 0.1) is 0 Å². The van der Waals surface area contributed by atoms with Gasteiger partial charge in [-0.15, -0.1) is 4.52 Å². The molecule has 0 N–H and O–H groups in total. The lowest BCUT2D eigenvalue weighted by atomic mass is 10.7. The van der Waals surface area contributed by atoms with Crippen molar-refractivity contribution in [2.24, 2.45) is 0 Å². The molecule has 5 heteroatoms. The van der Waals surface area contributed by atoms with Crippen molar-refractivity contribution < 1.29 is 13.6 Å². The van der Waals surface area contributed by atoms with Crippen LogP contribution in [0.4, 0.5) is 0 Å². The zero-order valence-corrected chi connectivity index (χ0v) is 7.48. The Morgan fingerprint density at radius 3 is 2.80 bits per heavy atom. The van der Waals surface area contributed by atoms with E-state index in [1.54, 1.807) is 13.8 Å². The fraction of sp³-hybridized carbons (Fsp3) is 0.600. The summed E-state index contributed by atoms with van der Waals surface area (Å²) >= 11 is 5.23. The SMILES string of the molecule is CCO[P+](=O)OC(C)=CCl. The summed E-state index contributed by atoms with van der Waals surface area (Å²) in [7, 11) is -2.03. The average molecular weight is 184 g/mol. The smallest absolute Gasteiger partial charge is 0.233 e. The molecule has 0 bridgehead atoms. The molecule has 0 aromatic rings. The Kier molecular flexibility index (Phi) is 5.60. The molecule has 0 amide bonds. The number of halogens is 1. The second-order valence-electron chi connectivity index (χ2n) is 1.45. The minimum Gasteiger partial charge on any atom is -0.233 e. The fourth-order valence-electron chi connectivity index (χ4n) is 0.269. The van der Waals surface area contributed by atoms with Gasteiger partial charge in [0.15, 0.2) is 5.76 Å². The number of hydrogen-bond donors (Lipinski definition) is 0. The van der Waals surface area contributed by atoms with Crippen LogP contribution in [-0.4, -0.2) is 6.61 Å². The third-order valence-electron chi connectivity index (χ3n) is 0.607. The van der Waals surface area contributed by atoms with Crippen molar-refractivity contribution in [3.05, 3.63) is 11.3 Å². The molecule has 0 aromatic heterocycles. The van der Waals surface area contributed by atoms with Gasteiger partial charge in [-0.1, -0.05) is 11.6 Å². The largest absolute Gasteiger partial charge is 0.749 e. The Hall–Kier alpha value is -0.110. The highest BCUT2D eigenvalue weighted by Crippen LogP contribution is 2.27. The van der Waals surface area contributed by atoms with Crippen LogP contribution in [0.3, 0.4) is 0 Å². The standard InChI is InChI=1S/C5H9ClO3P/c1-3-8-10(7)9-5(2)4-6/h4H,3H2,1-2H3/q+1. The van der Waals surface area contributed by atoms with Crippen molar-refractivity contribution >= 4 is 19.9 Å². The maximum absolute atomic E-state index is 10.6. The van der Waals surface area contributed by atoms with Crippen LogP contribution in [0.15, 0.2) is 11.3 Å². The van der Waals surface area contributed by atoms with Crippen molar-refractivity contribution in [1.29, 1.82) is 0 Å². The predicted octanol–water partition coefficient (Wildman–Crippen LogP) is 2.80. The molecule has 0 aliphatic carbocycles. The lowest BCUT2D eigenvalue weighted by Gasteiger charge is -1.85. The summed E-state index contributed by atoms with van der Waals surface area (Å²) < 4.78 is 19.9. The van der Waals surface area contributed by atoms with Gasteiger partial charge in [0, 0.05) is 17.0 Å². The van der Waals surface area contributed by atoms with E-state index in [4.69, 9.17) is 11.6 Å². The van der Waals surface area contributed by atoms with Crippen LogP contribution < -0.4 is 0 Å². The highest BCUT2D eigenvalue weighted by Gasteiger charge is 2.19. The first-order valence-electron chi connectivity index (χ1n) is 2.75. The first-order chi connectivity index (χ1) is 4.70. The van der Waals surface area contributed by atoms with Gasteiger partial charge >= 0.3 is 8.25 Å². The number of hydrogen-bond acceptors (Lipinski definition) is 3. The van der Waals surface area contributed by atoms with E-state index < -0.39 is 8.25 Å². The maximum atomic E-state index is 10.6. The van der Waals surface area contributed by atoms with Crippen molar-refractivity contribution in [3.63, 3.8) is 0 Å². The lowest BCUT2D eigenvalue weighted by molar-refractivity contribution is 0.274. The molecular formula is C5H9ClO3P+. The molecule has 1 atom stereocenters.